The van der Waals surface area contributed by atoms with Gasteiger partial charge in [-0.2, -0.15) is 0 Å². The van der Waals surface area contributed by atoms with Crippen molar-refractivity contribution in [2.24, 2.45) is 0 Å². The van der Waals surface area contributed by atoms with Gasteiger partial charge in [0.15, 0.2) is 17.5 Å². The summed E-state index contributed by atoms with van der Waals surface area (Å²) in [6.07, 6.45) is 0. The predicted molar refractivity (Wildman–Crippen MR) is 209 cm³/mol. The van der Waals surface area contributed by atoms with Gasteiger partial charge in [0.2, 0.25) is 0 Å². The SMILES string of the molecule is Fc1ccc(-c2cccc(-c3nc(-c4cccc(-c5cccc6ccc7ccccc7c56)c4)nc(-c4cccc5c4oc4ccccc45)n3)c2)cc1. The summed E-state index contributed by atoms with van der Waals surface area (Å²) in [7, 11) is 0. The minimum Gasteiger partial charge on any atom is -0.455 e. The smallest absolute Gasteiger partial charge is 0.167 e. The maximum absolute atomic E-state index is 13.8. The summed E-state index contributed by atoms with van der Waals surface area (Å²) in [5.74, 6) is 1.31. The molecule has 0 N–H and O–H groups in total. The molecule has 0 atom stereocenters. The number of para-hydroxylation sites is 2. The molecule has 5 heteroatoms. The van der Waals surface area contributed by atoms with Gasteiger partial charge in [0, 0.05) is 21.9 Å². The minimum atomic E-state index is -0.273. The monoisotopic (exact) mass is 669 g/mol. The Hall–Kier alpha value is -6.98. The fourth-order valence-electron chi connectivity index (χ4n) is 7.28. The number of nitrogens with zero attached hydrogens (tertiary/aromatic N) is 3. The van der Waals surface area contributed by atoms with Crippen molar-refractivity contribution < 1.29 is 8.81 Å². The molecule has 0 radical (unpaired) electrons. The molecule has 8 aromatic carbocycles. The average molecular weight is 670 g/mol. The van der Waals surface area contributed by atoms with Crippen molar-refractivity contribution in [3.63, 3.8) is 0 Å². The first-order valence-electron chi connectivity index (χ1n) is 17.2. The van der Waals surface area contributed by atoms with Gasteiger partial charge in [-0.1, -0.05) is 133 Å². The van der Waals surface area contributed by atoms with Crippen LogP contribution in [0.25, 0.3) is 99.9 Å². The Morgan fingerprint density at radius 2 is 0.962 bits per heavy atom. The van der Waals surface area contributed by atoms with E-state index in [2.05, 4.69) is 84.9 Å². The molecule has 10 rings (SSSR count). The zero-order valence-corrected chi connectivity index (χ0v) is 27.8. The lowest BCUT2D eigenvalue weighted by Gasteiger charge is -2.13. The van der Waals surface area contributed by atoms with Gasteiger partial charge in [-0.25, -0.2) is 19.3 Å². The topological polar surface area (TPSA) is 51.8 Å². The van der Waals surface area contributed by atoms with Crippen LogP contribution in [0.2, 0.25) is 0 Å². The van der Waals surface area contributed by atoms with Crippen LogP contribution in [0.1, 0.15) is 0 Å². The van der Waals surface area contributed by atoms with E-state index in [0.29, 0.717) is 17.5 Å². The van der Waals surface area contributed by atoms with Gasteiger partial charge in [-0.05, 0) is 80.2 Å². The number of hydrogen-bond acceptors (Lipinski definition) is 4. The molecule has 0 bridgehead atoms. The van der Waals surface area contributed by atoms with Crippen LogP contribution in [0.15, 0.2) is 174 Å². The highest BCUT2D eigenvalue weighted by molar-refractivity contribution is 6.14. The van der Waals surface area contributed by atoms with E-state index in [4.69, 9.17) is 19.4 Å². The molecule has 0 spiro atoms. The quantitative estimate of drug-likeness (QED) is 0.171. The Bertz CT molecular complexity index is 2980. The van der Waals surface area contributed by atoms with E-state index in [1.165, 1.54) is 33.7 Å². The molecule has 2 heterocycles. The van der Waals surface area contributed by atoms with Gasteiger partial charge < -0.3 is 4.42 Å². The third kappa shape index (κ3) is 5.10. The number of fused-ring (bicyclic) bond motifs is 6. The highest BCUT2D eigenvalue weighted by Crippen LogP contribution is 2.38. The highest BCUT2D eigenvalue weighted by atomic mass is 19.1. The molecule has 0 aliphatic heterocycles. The number of benzene rings is 8. The van der Waals surface area contributed by atoms with Crippen LogP contribution in [0.5, 0.6) is 0 Å². The Balaban J connectivity index is 1.18. The van der Waals surface area contributed by atoms with Crippen molar-refractivity contribution >= 4 is 43.5 Å². The summed E-state index contributed by atoms with van der Waals surface area (Å²) in [6.45, 7) is 0. The first kappa shape index (κ1) is 29.9. The maximum atomic E-state index is 13.8. The molecule has 52 heavy (non-hydrogen) atoms. The van der Waals surface area contributed by atoms with E-state index < -0.39 is 0 Å². The molecule has 244 valence electrons. The maximum Gasteiger partial charge on any atom is 0.167 e. The van der Waals surface area contributed by atoms with Crippen molar-refractivity contribution in [2.45, 2.75) is 0 Å². The second kappa shape index (κ2) is 12.1. The second-order valence-corrected chi connectivity index (χ2v) is 12.9. The Kier molecular flexibility index (Phi) is 6.96. The Morgan fingerprint density at radius 1 is 0.385 bits per heavy atom. The zero-order valence-electron chi connectivity index (χ0n) is 27.8. The van der Waals surface area contributed by atoms with Crippen LogP contribution < -0.4 is 0 Å². The normalized spacial score (nSPS) is 11.6. The van der Waals surface area contributed by atoms with Crippen molar-refractivity contribution in [3.05, 3.63) is 176 Å². The molecule has 0 aliphatic carbocycles. The van der Waals surface area contributed by atoms with Gasteiger partial charge in [0.1, 0.15) is 17.0 Å². The van der Waals surface area contributed by atoms with Gasteiger partial charge in [-0.3, -0.25) is 0 Å². The van der Waals surface area contributed by atoms with Crippen molar-refractivity contribution in [1.82, 2.24) is 15.0 Å². The average Bonchev–Trinajstić information content (AvgIpc) is 3.60. The summed E-state index contributed by atoms with van der Waals surface area (Å²) >= 11 is 0. The van der Waals surface area contributed by atoms with Crippen molar-refractivity contribution in [2.75, 3.05) is 0 Å². The van der Waals surface area contributed by atoms with E-state index in [0.717, 1.165) is 60.9 Å². The Labute approximate surface area is 298 Å². The van der Waals surface area contributed by atoms with Crippen LogP contribution in [0.3, 0.4) is 0 Å². The fraction of sp³-hybridized carbons (Fsp3) is 0. The second-order valence-electron chi connectivity index (χ2n) is 12.9. The van der Waals surface area contributed by atoms with E-state index in [1.807, 2.05) is 60.7 Å². The molecule has 0 aliphatic rings. The standard InChI is InChI=1S/C47H28FN3O/c48-36-25-23-29(24-26-36)32-11-5-13-34(27-32)45-49-46(51-47(50-45)41-19-8-18-40-39-16-3-4-20-42(39)52-44(40)41)35-14-6-12-33(28-35)38-17-7-10-31-22-21-30-9-1-2-15-37(30)43(31)38/h1-28H. The molecule has 2 aromatic heterocycles. The molecule has 0 saturated carbocycles. The van der Waals surface area contributed by atoms with Crippen LogP contribution in [-0.2, 0) is 0 Å². The molecular formula is C47H28FN3O. The number of hydrogen-bond donors (Lipinski definition) is 0. The van der Waals surface area contributed by atoms with Gasteiger partial charge in [0.05, 0.1) is 5.56 Å². The lowest BCUT2D eigenvalue weighted by atomic mass is 9.93. The first-order valence-corrected chi connectivity index (χ1v) is 17.2. The Morgan fingerprint density at radius 3 is 1.79 bits per heavy atom. The summed E-state index contributed by atoms with van der Waals surface area (Å²) in [6, 6.07) is 56.4. The summed E-state index contributed by atoms with van der Waals surface area (Å²) in [5.41, 5.74) is 8.05. The van der Waals surface area contributed by atoms with Crippen molar-refractivity contribution in [3.8, 4) is 56.4 Å². The summed E-state index contributed by atoms with van der Waals surface area (Å²) in [5, 5.41) is 6.85. The summed E-state index contributed by atoms with van der Waals surface area (Å²) < 4.78 is 20.2. The molecule has 4 nitrogen and oxygen atoms in total. The van der Waals surface area contributed by atoms with E-state index in [1.54, 1.807) is 12.1 Å². The molecular weight excluding hydrogens is 642 g/mol. The number of halogens is 1. The van der Waals surface area contributed by atoms with E-state index in [9.17, 15) is 4.39 Å². The third-order valence-corrected chi connectivity index (χ3v) is 9.78. The van der Waals surface area contributed by atoms with E-state index in [-0.39, 0.29) is 5.82 Å². The van der Waals surface area contributed by atoms with Crippen LogP contribution in [0.4, 0.5) is 4.39 Å². The summed E-state index contributed by atoms with van der Waals surface area (Å²) in [4.78, 5) is 15.3. The largest absolute Gasteiger partial charge is 0.455 e. The molecule has 0 saturated heterocycles. The third-order valence-electron chi connectivity index (χ3n) is 9.78. The molecule has 0 fully saturated rings. The van der Waals surface area contributed by atoms with Crippen LogP contribution in [0, 0.1) is 5.82 Å². The number of furan rings is 1. The lowest BCUT2D eigenvalue weighted by molar-refractivity contribution is 0.628. The van der Waals surface area contributed by atoms with Crippen LogP contribution >= 0.6 is 0 Å². The van der Waals surface area contributed by atoms with Gasteiger partial charge in [-0.15, -0.1) is 0 Å². The van der Waals surface area contributed by atoms with Crippen molar-refractivity contribution in [1.29, 1.82) is 0 Å². The highest BCUT2D eigenvalue weighted by Gasteiger charge is 2.19. The number of aromatic nitrogens is 3. The van der Waals surface area contributed by atoms with Gasteiger partial charge >= 0.3 is 0 Å². The predicted octanol–water partition coefficient (Wildman–Crippen LogP) is 12.6. The minimum absolute atomic E-state index is 0.273. The number of rotatable bonds is 5. The molecule has 10 aromatic rings. The van der Waals surface area contributed by atoms with Gasteiger partial charge in [0.25, 0.3) is 0 Å². The first-order chi connectivity index (χ1) is 25.7. The molecule has 0 amide bonds. The van der Waals surface area contributed by atoms with E-state index >= 15 is 0 Å². The zero-order chi connectivity index (χ0) is 34.6. The van der Waals surface area contributed by atoms with Crippen LogP contribution in [-0.4, -0.2) is 15.0 Å². The lowest BCUT2D eigenvalue weighted by Crippen LogP contribution is -2.00. The molecule has 0 unspecified atom stereocenters. The fourth-order valence-corrected chi connectivity index (χ4v) is 7.28.